The highest BCUT2D eigenvalue weighted by atomic mass is 15.1. The van der Waals surface area contributed by atoms with Crippen LogP contribution in [0.25, 0.3) is 0 Å². The van der Waals surface area contributed by atoms with Crippen molar-refractivity contribution in [1.29, 1.82) is 0 Å². The van der Waals surface area contributed by atoms with Crippen molar-refractivity contribution in [2.75, 3.05) is 20.1 Å². The zero-order chi connectivity index (χ0) is 14.2. The summed E-state index contributed by atoms with van der Waals surface area (Å²) in [4.78, 5) is 2.38. The van der Waals surface area contributed by atoms with E-state index < -0.39 is 0 Å². The van der Waals surface area contributed by atoms with E-state index in [-0.39, 0.29) is 0 Å². The molecule has 0 aliphatic rings. The molecule has 0 radical (unpaired) electrons. The summed E-state index contributed by atoms with van der Waals surface area (Å²) in [5.74, 6) is 0. The van der Waals surface area contributed by atoms with Crippen LogP contribution in [0.4, 0.5) is 0 Å². The maximum atomic E-state index is 5.71. The normalized spacial score (nSPS) is 11.2. The molecule has 0 fully saturated rings. The summed E-state index contributed by atoms with van der Waals surface area (Å²) < 4.78 is 0. The minimum Gasteiger partial charge on any atom is -0.329 e. The van der Waals surface area contributed by atoms with E-state index in [1.54, 1.807) is 0 Å². The minimum atomic E-state index is 0.489. The minimum absolute atomic E-state index is 0.489. The lowest BCUT2D eigenvalue weighted by Crippen LogP contribution is -2.38. The fraction of sp³-hybridized carbons (Fsp3) is 0.333. The Labute approximate surface area is 122 Å². The molecule has 0 spiro atoms. The van der Waals surface area contributed by atoms with Gasteiger partial charge in [0.2, 0.25) is 0 Å². The lowest BCUT2D eigenvalue weighted by molar-refractivity contribution is 0.245. The Balaban J connectivity index is 2.08. The Hall–Kier alpha value is -1.64. The van der Waals surface area contributed by atoms with Gasteiger partial charge in [0.15, 0.2) is 0 Å². The van der Waals surface area contributed by atoms with Gasteiger partial charge in [-0.15, -0.1) is 0 Å². The van der Waals surface area contributed by atoms with Gasteiger partial charge in [-0.3, -0.25) is 0 Å². The molecule has 20 heavy (non-hydrogen) atoms. The Morgan fingerprint density at radius 2 is 1.30 bits per heavy atom. The molecule has 2 heteroatoms. The summed E-state index contributed by atoms with van der Waals surface area (Å²) in [5.41, 5.74) is 8.49. The Morgan fingerprint density at radius 1 is 0.850 bits per heavy atom. The van der Waals surface area contributed by atoms with Crippen molar-refractivity contribution in [3.63, 3.8) is 0 Å². The SMILES string of the molecule is CN(CCN)C(Cc1ccccc1)Cc1ccccc1. The molecule has 0 unspecified atom stereocenters. The molecular weight excluding hydrogens is 244 g/mol. The fourth-order valence-electron chi connectivity index (χ4n) is 2.54. The number of hydrogen-bond acceptors (Lipinski definition) is 2. The number of nitrogens with two attached hydrogens (primary N) is 1. The zero-order valence-electron chi connectivity index (χ0n) is 12.2. The lowest BCUT2D eigenvalue weighted by atomic mass is 9.98. The van der Waals surface area contributed by atoms with Gasteiger partial charge in [0.1, 0.15) is 0 Å². The van der Waals surface area contributed by atoms with E-state index >= 15 is 0 Å². The van der Waals surface area contributed by atoms with Crippen molar-refractivity contribution in [1.82, 2.24) is 4.90 Å². The molecule has 2 nitrogen and oxygen atoms in total. The summed E-state index contributed by atoms with van der Waals surface area (Å²) >= 11 is 0. The Morgan fingerprint density at radius 3 is 1.70 bits per heavy atom. The van der Waals surface area contributed by atoms with Crippen molar-refractivity contribution in [3.05, 3.63) is 71.8 Å². The Bertz CT molecular complexity index is 440. The van der Waals surface area contributed by atoms with Gasteiger partial charge in [0.05, 0.1) is 0 Å². The summed E-state index contributed by atoms with van der Waals surface area (Å²) in [6.07, 6.45) is 2.12. The smallest absolute Gasteiger partial charge is 0.0173 e. The number of nitrogens with zero attached hydrogens (tertiary/aromatic N) is 1. The van der Waals surface area contributed by atoms with Crippen LogP contribution >= 0.6 is 0 Å². The Kier molecular flexibility index (Phi) is 5.78. The van der Waals surface area contributed by atoms with Crippen molar-refractivity contribution >= 4 is 0 Å². The van der Waals surface area contributed by atoms with Crippen molar-refractivity contribution in [3.8, 4) is 0 Å². The summed E-state index contributed by atoms with van der Waals surface area (Å²) in [6.45, 7) is 1.64. The number of rotatable bonds is 7. The highest BCUT2D eigenvalue weighted by molar-refractivity contribution is 5.19. The second kappa shape index (κ2) is 7.83. The van der Waals surface area contributed by atoms with Crippen LogP contribution in [0.3, 0.4) is 0 Å². The molecule has 0 heterocycles. The number of likely N-dealkylation sites (N-methyl/N-ethyl adjacent to an activating group) is 1. The first-order valence-electron chi connectivity index (χ1n) is 7.27. The molecule has 0 saturated heterocycles. The molecule has 0 aliphatic carbocycles. The van der Waals surface area contributed by atoms with E-state index in [4.69, 9.17) is 5.73 Å². The monoisotopic (exact) mass is 268 g/mol. The van der Waals surface area contributed by atoms with Gasteiger partial charge in [0, 0.05) is 19.1 Å². The van der Waals surface area contributed by atoms with E-state index in [0.717, 1.165) is 19.4 Å². The largest absolute Gasteiger partial charge is 0.329 e. The van der Waals surface area contributed by atoms with Gasteiger partial charge in [-0.25, -0.2) is 0 Å². The van der Waals surface area contributed by atoms with E-state index in [9.17, 15) is 0 Å². The zero-order valence-corrected chi connectivity index (χ0v) is 12.2. The highest BCUT2D eigenvalue weighted by Crippen LogP contribution is 2.13. The third kappa shape index (κ3) is 4.48. The topological polar surface area (TPSA) is 29.3 Å². The van der Waals surface area contributed by atoms with Crippen LogP contribution in [0.2, 0.25) is 0 Å². The first-order chi connectivity index (χ1) is 9.79. The van der Waals surface area contributed by atoms with Crippen LogP contribution < -0.4 is 5.73 Å². The fourth-order valence-corrected chi connectivity index (χ4v) is 2.54. The third-order valence-corrected chi connectivity index (χ3v) is 3.73. The standard InChI is InChI=1S/C18H24N2/c1-20(13-12-19)18(14-16-8-4-2-5-9-16)15-17-10-6-3-7-11-17/h2-11,18H,12-15,19H2,1H3. The molecule has 2 rings (SSSR count). The van der Waals surface area contributed by atoms with Crippen LogP contribution in [-0.4, -0.2) is 31.1 Å². The van der Waals surface area contributed by atoms with E-state index in [1.807, 2.05) is 0 Å². The second-order valence-corrected chi connectivity index (χ2v) is 5.30. The van der Waals surface area contributed by atoms with Crippen molar-refractivity contribution in [2.24, 2.45) is 5.73 Å². The maximum absolute atomic E-state index is 5.71. The number of benzene rings is 2. The molecule has 2 aromatic rings. The van der Waals surface area contributed by atoms with E-state index in [2.05, 4.69) is 72.6 Å². The average molecular weight is 268 g/mol. The molecule has 0 atom stereocenters. The van der Waals surface area contributed by atoms with E-state index in [1.165, 1.54) is 11.1 Å². The van der Waals surface area contributed by atoms with Gasteiger partial charge < -0.3 is 10.6 Å². The summed E-state index contributed by atoms with van der Waals surface area (Å²) in [5, 5.41) is 0. The van der Waals surface area contributed by atoms with Crippen LogP contribution in [-0.2, 0) is 12.8 Å². The number of hydrogen-bond donors (Lipinski definition) is 1. The first-order valence-corrected chi connectivity index (χ1v) is 7.27. The molecule has 0 amide bonds. The van der Waals surface area contributed by atoms with Gasteiger partial charge in [0.25, 0.3) is 0 Å². The molecule has 0 aliphatic heterocycles. The molecule has 0 saturated carbocycles. The van der Waals surface area contributed by atoms with Crippen LogP contribution in [0.1, 0.15) is 11.1 Å². The lowest BCUT2D eigenvalue weighted by Gasteiger charge is -2.28. The van der Waals surface area contributed by atoms with Gasteiger partial charge >= 0.3 is 0 Å². The van der Waals surface area contributed by atoms with Crippen LogP contribution in [0, 0.1) is 0 Å². The summed E-state index contributed by atoms with van der Waals surface area (Å²) in [7, 11) is 2.17. The van der Waals surface area contributed by atoms with E-state index in [0.29, 0.717) is 12.6 Å². The predicted octanol–water partition coefficient (Wildman–Crippen LogP) is 2.73. The second-order valence-electron chi connectivity index (χ2n) is 5.30. The third-order valence-electron chi connectivity index (χ3n) is 3.73. The molecular formula is C18H24N2. The molecule has 106 valence electrons. The van der Waals surface area contributed by atoms with Crippen LogP contribution in [0.15, 0.2) is 60.7 Å². The molecule has 0 bridgehead atoms. The van der Waals surface area contributed by atoms with Gasteiger partial charge in [-0.05, 0) is 31.0 Å². The van der Waals surface area contributed by atoms with Crippen molar-refractivity contribution < 1.29 is 0 Å². The highest BCUT2D eigenvalue weighted by Gasteiger charge is 2.15. The summed E-state index contributed by atoms with van der Waals surface area (Å²) in [6, 6.07) is 21.9. The molecule has 2 N–H and O–H groups in total. The van der Waals surface area contributed by atoms with Crippen molar-refractivity contribution in [2.45, 2.75) is 18.9 Å². The van der Waals surface area contributed by atoms with Gasteiger partial charge in [-0.2, -0.15) is 0 Å². The first kappa shape index (κ1) is 14.8. The van der Waals surface area contributed by atoms with Gasteiger partial charge in [-0.1, -0.05) is 60.7 Å². The average Bonchev–Trinajstić information content (AvgIpc) is 2.49. The predicted molar refractivity (Wildman–Crippen MR) is 85.8 cm³/mol. The maximum Gasteiger partial charge on any atom is 0.0173 e. The van der Waals surface area contributed by atoms with Crippen LogP contribution in [0.5, 0.6) is 0 Å². The molecule has 0 aromatic heterocycles. The quantitative estimate of drug-likeness (QED) is 0.836. The molecule has 2 aromatic carbocycles.